The minimum atomic E-state index is -0.729. The van der Waals surface area contributed by atoms with E-state index in [2.05, 4.69) is 21.0 Å². The molecule has 0 fully saturated rings. The van der Waals surface area contributed by atoms with Crippen LogP contribution in [0.25, 0.3) is 0 Å². The van der Waals surface area contributed by atoms with Gasteiger partial charge in [0.1, 0.15) is 10.3 Å². The first kappa shape index (κ1) is 14.1. The molecule has 20 heavy (non-hydrogen) atoms. The second-order valence-electron chi connectivity index (χ2n) is 3.93. The van der Waals surface area contributed by atoms with Gasteiger partial charge in [-0.15, -0.1) is 0 Å². The molecular formula is C11H8BrFN4O3. The third-order valence-electron chi connectivity index (χ3n) is 2.54. The number of amides is 1. The third-order valence-corrected chi connectivity index (χ3v) is 3.10. The van der Waals surface area contributed by atoms with Crippen LogP contribution in [0.1, 0.15) is 15.9 Å². The number of hydrogen-bond donors (Lipinski definition) is 1. The van der Waals surface area contributed by atoms with Gasteiger partial charge >= 0.3 is 5.82 Å². The number of nitrogens with two attached hydrogens (primary N) is 1. The van der Waals surface area contributed by atoms with E-state index in [0.717, 1.165) is 6.07 Å². The van der Waals surface area contributed by atoms with Crippen molar-refractivity contribution in [3.05, 3.63) is 55.9 Å². The second kappa shape index (κ2) is 5.37. The van der Waals surface area contributed by atoms with Crippen LogP contribution >= 0.6 is 15.9 Å². The molecule has 0 saturated carbocycles. The van der Waals surface area contributed by atoms with Gasteiger partial charge in [-0.05, 0) is 33.0 Å². The predicted octanol–water partition coefficient (Wildman–Crippen LogP) is 1.84. The number of nitrogens with zero attached hydrogens (tertiary/aromatic N) is 3. The number of carbonyl (C=O) groups is 1. The molecule has 0 saturated heterocycles. The Morgan fingerprint density at radius 2 is 2.25 bits per heavy atom. The van der Waals surface area contributed by atoms with Gasteiger partial charge in [-0.25, -0.2) is 4.39 Å². The van der Waals surface area contributed by atoms with Crippen LogP contribution in [0.3, 0.4) is 0 Å². The number of benzene rings is 1. The van der Waals surface area contributed by atoms with E-state index in [0.29, 0.717) is 0 Å². The summed E-state index contributed by atoms with van der Waals surface area (Å²) in [5.74, 6) is -1.71. The summed E-state index contributed by atoms with van der Waals surface area (Å²) >= 11 is 3.00. The summed E-state index contributed by atoms with van der Waals surface area (Å²) in [5.41, 5.74) is 5.33. The minimum Gasteiger partial charge on any atom is -0.366 e. The second-order valence-corrected chi connectivity index (χ2v) is 4.78. The molecule has 1 amide bonds. The smallest absolute Gasteiger partial charge is 0.366 e. The van der Waals surface area contributed by atoms with E-state index in [9.17, 15) is 19.3 Å². The molecule has 1 heterocycles. The molecule has 104 valence electrons. The summed E-state index contributed by atoms with van der Waals surface area (Å²) in [6.45, 7) is -0.00266. The zero-order valence-electron chi connectivity index (χ0n) is 9.92. The van der Waals surface area contributed by atoms with Gasteiger partial charge in [0.15, 0.2) is 0 Å². The Bertz CT molecular complexity index is 701. The van der Waals surface area contributed by atoms with Crippen LogP contribution in [0.4, 0.5) is 10.2 Å². The Kier molecular flexibility index (Phi) is 3.79. The number of hydrogen-bond acceptors (Lipinski definition) is 4. The monoisotopic (exact) mass is 342 g/mol. The topological polar surface area (TPSA) is 104 Å². The Hall–Kier alpha value is -2.29. The zero-order chi connectivity index (χ0) is 14.9. The summed E-state index contributed by atoms with van der Waals surface area (Å²) in [7, 11) is 0. The van der Waals surface area contributed by atoms with Crippen molar-refractivity contribution in [3.8, 4) is 0 Å². The van der Waals surface area contributed by atoms with Crippen LogP contribution in [-0.2, 0) is 6.54 Å². The standard InChI is InChI=1S/C11H8BrFN4O3/c12-8-5-16(15-11(8)17(19)20)4-7-2-1-6(10(14)18)3-9(7)13/h1-3,5H,4H2,(H2,14,18). The Labute approximate surface area is 120 Å². The van der Waals surface area contributed by atoms with E-state index in [1.807, 2.05) is 0 Å². The van der Waals surface area contributed by atoms with Gasteiger partial charge in [0, 0.05) is 11.1 Å². The van der Waals surface area contributed by atoms with Crippen molar-refractivity contribution >= 4 is 27.7 Å². The lowest BCUT2D eigenvalue weighted by molar-refractivity contribution is -0.390. The van der Waals surface area contributed by atoms with Crippen molar-refractivity contribution in [1.82, 2.24) is 9.78 Å². The Morgan fingerprint density at radius 1 is 1.55 bits per heavy atom. The number of nitro groups is 1. The lowest BCUT2D eigenvalue weighted by Crippen LogP contribution is -2.12. The predicted molar refractivity (Wildman–Crippen MR) is 70.6 cm³/mol. The summed E-state index contributed by atoms with van der Waals surface area (Å²) in [6, 6.07) is 3.79. The van der Waals surface area contributed by atoms with Crippen LogP contribution in [0.2, 0.25) is 0 Å². The van der Waals surface area contributed by atoms with Crippen LogP contribution in [0.15, 0.2) is 28.9 Å². The molecule has 0 aliphatic rings. The molecule has 0 aliphatic heterocycles. The highest BCUT2D eigenvalue weighted by Crippen LogP contribution is 2.23. The number of carbonyl (C=O) groups excluding carboxylic acids is 1. The average molecular weight is 343 g/mol. The maximum Gasteiger partial charge on any atom is 0.404 e. The molecule has 0 atom stereocenters. The first-order chi connectivity index (χ1) is 9.38. The molecule has 2 rings (SSSR count). The van der Waals surface area contributed by atoms with Gasteiger partial charge in [-0.3, -0.25) is 4.79 Å². The van der Waals surface area contributed by atoms with Crippen molar-refractivity contribution in [2.45, 2.75) is 6.54 Å². The summed E-state index contributed by atoms with van der Waals surface area (Å²) in [6.07, 6.45) is 1.37. The maximum absolute atomic E-state index is 13.8. The highest BCUT2D eigenvalue weighted by molar-refractivity contribution is 9.10. The van der Waals surface area contributed by atoms with Crippen LogP contribution < -0.4 is 5.73 Å². The number of halogens is 2. The SMILES string of the molecule is NC(=O)c1ccc(Cn2cc(Br)c([N+](=O)[O-])n2)c(F)c1. The molecule has 2 N–H and O–H groups in total. The molecule has 1 aromatic carbocycles. The summed E-state index contributed by atoms with van der Waals surface area (Å²) in [5, 5.41) is 14.4. The number of primary amides is 1. The molecule has 1 aromatic heterocycles. The fraction of sp³-hybridized carbons (Fsp3) is 0.0909. The summed E-state index contributed by atoms with van der Waals surface area (Å²) in [4.78, 5) is 20.9. The zero-order valence-corrected chi connectivity index (χ0v) is 11.5. The van der Waals surface area contributed by atoms with Crippen molar-refractivity contribution in [2.75, 3.05) is 0 Å². The maximum atomic E-state index is 13.8. The van der Waals surface area contributed by atoms with Crippen LogP contribution in [0, 0.1) is 15.9 Å². The van der Waals surface area contributed by atoms with Crippen molar-refractivity contribution in [2.24, 2.45) is 5.73 Å². The van der Waals surface area contributed by atoms with Gasteiger partial charge < -0.3 is 15.8 Å². The molecule has 0 aliphatic carbocycles. The number of rotatable bonds is 4. The van der Waals surface area contributed by atoms with E-state index >= 15 is 0 Å². The highest BCUT2D eigenvalue weighted by Gasteiger charge is 2.19. The largest absolute Gasteiger partial charge is 0.404 e. The normalized spacial score (nSPS) is 10.5. The van der Waals surface area contributed by atoms with Gasteiger partial charge in [-0.1, -0.05) is 6.07 Å². The van der Waals surface area contributed by atoms with E-state index in [1.165, 1.54) is 23.0 Å². The molecule has 0 unspecified atom stereocenters. The number of aromatic nitrogens is 2. The minimum absolute atomic E-state index is 0.00266. The van der Waals surface area contributed by atoms with E-state index in [4.69, 9.17) is 5.73 Å². The van der Waals surface area contributed by atoms with Crippen molar-refractivity contribution < 1.29 is 14.1 Å². The molecule has 0 spiro atoms. The van der Waals surface area contributed by atoms with Gasteiger partial charge in [-0.2, -0.15) is 4.68 Å². The van der Waals surface area contributed by atoms with Gasteiger partial charge in [0.25, 0.3) is 0 Å². The average Bonchev–Trinajstić information content (AvgIpc) is 2.73. The Balaban J connectivity index is 2.28. The molecule has 7 nitrogen and oxygen atoms in total. The van der Waals surface area contributed by atoms with Crippen LogP contribution in [-0.4, -0.2) is 20.6 Å². The van der Waals surface area contributed by atoms with Crippen LogP contribution in [0.5, 0.6) is 0 Å². The van der Waals surface area contributed by atoms with Crippen molar-refractivity contribution in [3.63, 3.8) is 0 Å². The third kappa shape index (κ3) is 2.82. The highest BCUT2D eigenvalue weighted by atomic mass is 79.9. The van der Waals surface area contributed by atoms with Crippen molar-refractivity contribution in [1.29, 1.82) is 0 Å². The first-order valence-corrected chi connectivity index (χ1v) is 6.13. The Morgan fingerprint density at radius 3 is 2.75 bits per heavy atom. The molecule has 2 aromatic rings. The quantitative estimate of drug-likeness (QED) is 0.676. The van der Waals surface area contributed by atoms with Gasteiger partial charge in [0.05, 0.1) is 17.8 Å². The first-order valence-electron chi connectivity index (χ1n) is 5.34. The lowest BCUT2D eigenvalue weighted by atomic mass is 10.1. The molecule has 0 bridgehead atoms. The fourth-order valence-corrected chi connectivity index (χ4v) is 2.06. The molecular weight excluding hydrogens is 335 g/mol. The lowest BCUT2D eigenvalue weighted by Gasteiger charge is -2.02. The fourth-order valence-electron chi connectivity index (χ4n) is 1.59. The van der Waals surface area contributed by atoms with E-state index in [-0.39, 0.29) is 28.0 Å². The van der Waals surface area contributed by atoms with E-state index in [1.54, 1.807) is 0 Å². The molecule has 9 heteroatoms. The molecule has 0 radical (unpaired) electrons. The summed E-state index contributed by atoms with van der Waals surface area (Å²) < 4.78 is 15.2. The van der Waals surface area contributed by atoms with Gasteiger partial charge in [0.2, 0.25) is 5.91 Å². The van der Waals surface area contributed by atoms with E-state index < -0.39 is 16.6 Å².